The van der Waals surface area contributed by atoms with Crippen molar-refractivity contribution in [2.75, 3.05) is 4.90 Å². The zero-order chi connectivity index (χ0) is 19.4. The number of nitrogens with zero attached hydrogens (tertiary/aromatic N) is 2. The molecule has 1 aliphatic carbocycles. The van der Waals surface area contributed by atoms with Crippen molar-refractivity contribution < 1.29 is 1.37 Å². The SMILES string of the molecule is [2H]C1(C2CCCCC2)C=CN2C(C(C)(C)C)N(c3ccccc3C)[C@@H](C)C21. The smallest absolute Gasteiger partial charge is 0.107 e. The van der Waals surface area contributed by atoms with Gasteiger partial charge in [-0.3, -0.25) is 0 Å². The van der Waals surface area contributed by atoms with E-state index in [0.717, 1.165) is 0 Å². The van der Waals surface area contributed by atoms with E-state index in [1.165, 1.54) is 43.4 Å². The van der Waals surface area contributed by atoms with Gasteiger partial charge in [0.2, 0.25) is 0 Å². The lowest BCUT2D eigenvalue weighted by molar-refractivity contribution is 0.135. The van der Waals surface area contributed by atoms with Crippen LogP contribution in [0.5, 0.6) is 0 Å². The maximum absolute atomic E-state index is 9.58. The summed E-state index contributed by atoms with van der Waals surface area (Å²) in [5.74, 6) is 0.0400. The first-order valence-corrected chi connectivity index (χ1v) is 10.6. The van der Waals surface area contributed by atoms with Gasteiger partial charge in [-0.15, -0.1) is 0 Å². The summed E-state index contributed by atoms with van der Waals surface area (Å²) in [4.78, 5) is 5.16. The second-order valence-corrected chi connectivity index (χ2v) is 9.72. The fourth-order valence-corrected chi connectivity index (χ4v) is 5.70. The fourth-order valence-electron chi connectivity index (χ4n) is 5.70. The van der Waals surface area contributed by atoms with Crippen molar-refractivity contribution in [1.29, 1.82) is 0 Å². The van der Waals surface area contributed by atoms with E-state index in [4.69, 9.17) is 0 Å². The predicted molar refractivity (Wildman–Crippen MR) is 111 cm³/mol. The highest BCUT2D eigenvalue weighted by molar-refractivity contribution is 5.57. The topological polar surface area (TPSA) is 6.48 Å². The number of aryl methyl sites for hydroxylation is 1. The van der Waals surface area contributed by atoms with Gasteiger partial charge in [-0.05, 0) is 50.4 Å². The van der Waals surface area contributed by atoms with Gasteiger partial charge in [-0.1, -0.05) is 64.3 Å². The van der Waals surface area contributed by atoms with E-state index in [9.17, 15) is 1.37 Å². The van der Waals surface area contributed by atoms with Crippen LogP contribution in [0, 0.1) is 24.2 Å². The molecule has 4 atom stereocenters. The molecule has 1 saturated carbocycles. The summed E-state index contributed by atoms with van der Waals surface area (Å²) < 4.78 is 9.58. The van der Waals surface area contributed by atoms with Gasteiger partial charge in [0.15, 0.2) is 0 Å². The van der Waals surface area contributed by atoms with E-state index in [-0.39, 0.29) is 17.6 Å². The number of anilines is 1. The Hall–Kier alpha value is -1.44. The second kappa shape index (κ2) is 6.62. The Kier molecular flexibility index (Phi) is 4.26. The average molecular weight is 354 g/mol. The third-order valence-electron chi connectivity index (χ3n) is 6.79. The van der Waals surface area contributed by atoms with E-state index in [1.807, 2.05) is 0 Å². The van der Waals surface area contributed by atoms with Crippen molar-refractivity contribution in [3.8, 4) is 0 Å². The normalized spacial score (nSPS) is 35.7. The van der Waals surface area contributed by atoms with Gasteiger partial charge in [0.25, 0.3) is 0 Å². The Morgan fingerprint density at radius 2 is 1.77 bits per heavy atom. The van der Waals surface area contributed by atoms with Crippen LogP contribution in [0.3, 0.4) is 0 Å². The van der Waals surface area contributed by atoms with Crippen molar-refractivity contribution >= 4 is 5.69 Å². The number of rotatable bonds is 2. The Morgan fingerprint density at radius 1 is 1.08 bits per heavy atom. The summed E-state index contributed by atoms with van der Waals surface area (Å²) in [5, 5.41) is 0. The maximum atomic E-state index is 9.58. The first-order chi connectivity index (χ1) is 12.7. The van der Waals surface area contributed by atoms with Crippen LogP contribution in [0.4, 0.5) is 5.69 Å². The summed E-state index contributed by atoms with van der Waals surface area (Å²) in [5.41, 5.74) is 2.77. The molecule has 0 spiro atoms. The van der Waals surface area contributed by atoms with Gasteiger partial charge < -0.3 is 9.80 Å². The summed E-state index contributed by atoms with van der Waals surface area (Å²) in [6.07, 6.45) is 11.2. The van der Waals surface area contributed by atoms with Gasteiger partial charge in [0.05, 0.1) is 6.04 Å². The average Bonchev–Trinajstić information content (AvgIpc) is 3.13. The molecule has 0 amide bonds. The Labute approximate surface area is 161 Å². The van der Waals surface area contributed by atoms with Crippen LogP contribution < -0.4 is 4.90 Å². The molecule has 2 aliphatic heterocycles. The van der Waals surface area contributed by atoms with Crippen LogP contribution in [-0.2, 0) is 0 Å². The summed E-state index contributed by atoms with van der Waals surface area (Å²) in [6, 6.07) is 9.33. The molecule has 0 aromatic heterocycles. The standard InChI is InChI=1S/C24H36N2/c1-17-11-9-10-14-21(17)26-18(2)22-20(19-12-7-6-8-13-19)15-16-25(22)23(26)24(3,4)5/h9-11,14-16,18-20,22-23H,6-8,12-13H2,1-5H3/t18-,20?,22?,23?/m0/s1/i20D. The van der Waals surface area contributed by atoms with Crippen molar-refractivity contribution in [2.45, 2.75) is 85.0 Å². The Balaban J connectivity index is 1.77. The lowest BCUT2D eigenvalue weighted by atomic mass is 9.76. The summed E-state index contributed by atoms with van der Waals surface area (Å²) in [7, 11) is 0. The molecule has 1 aromatic carbocycles. The van der Waals surface area contributed by atoms with Gasteiger partial charge in [0, 0.05) is 24.4 Å². The summed E-state index contributed by atoms with van der Waals surface area (Å²) in [6.45, 7) is 11.6. The van der Waals surface area contributed by atoms with Crippen LogP contribution in [0.25, 0.3) is 0 Å². The molecule has 1 saturated heterocycles. The van der Waals surface area contributed by atoms with Gasteiger partial charge in [-0.2, -0.15) is 0 Å². The lowest BCUT2D eigenvalue weighted by Gasteiger charge is -2.41. The molecule has 1 aromatic rings. The molecule has 3 aliphatic rings. The van der Waals surface area contributed by atoms with Crippen LogP contribution in [-0.4, -0.2) is 23.1 Å². The maximum Gasteiger partial charge on any atom is 0.107 e. The molecule has 2 fully saturated rings. The Morgan fingerprint density at radius 3 is 2.42 bits per heavy atom. The molecule has 0 N–H and O–H groups in total. The molecule has 3 unspecified atom stereocenters. The zero-order valence-electron chi connectivity index (χ0n) is 18.2. The van der Waals surface area contributed by atoms with E-state index in [2.05, 4.69) is 81.0 Å². The number of fused-ring (bicyclic) bond motifs is 1. The third kappa shape index (κ3) is 2.86. The van der Waals surface area contributed by atoms with Crippen LogP contribution in [0.1, 0.15) is 66.7 Å². The number of benzene rings is 1. The van der Waals surface area contributed by atoms with Crippen LogP contribution in [0.2, 0.25) is 0 Å². The highest BCUT2D eigenvalue weighted by Crippen LogP contribution is 2.49. The first-order valence-electron chi connectivity index (χ1n) is 11.1. The van der Waals surface area contributed by atoms with Gasteiger partial charge in [0.1, 0.15) is 6.17 Å². The summed E-state index contributed by atoms with van der Waals surface area (Å²) >= 11 is 0. The van der Waals surface area contributed by atoms with E-state index < -0.39 is 5.89 Å². The molecule has 4 rings (SSSR count). The molecular weight excluding hydrogens is 316 g/mol. The van der Waals surface area contributed by atoms with Gasteiger partial charge >= 0.3 is 0 Å². The largest absolute Gasteiger partial charge is 0.352 e. The fraction of sp³-hybridized carbons (Fsp3) is 0.667. The first kappa shape index (κ1) is 16.7. The second-order valence-electron chi connectivity index (χ2n) is 9.72. The molecule has 2 nitrogen and oxygen atoms in total. The van der Waals surface area contributed by atoms with E-state index in [1.54, 1.807) is 0 Å². The third-order valence-corrected chi connectivity index (χ3v) is 6.79. The molecule has 2 heterocycles. The minimum absolute atomic E-state index is 0.105. The quantitative estimate of drug-likeness (QED) is 0.646. The molecular formula is C24H36N2. The molecule has 26 heavy (non-hydrogen) atoms. The minimum atomic E-state index is -0.458. The highest BCUT2D eigenvalue weighted by Gasteiger charge is 2.53. The predicted octanol–water partition coefficient (Wildman–Crippen LogP) is 5.97. The van der Waals surface area contributed by atoms with E-state index in [0.29, 0.717) is 12.0 Å². The number of hydrogen-bond donors (Lipinski definition) is 0. The molecule has 142 valence electrons. The van der Waals surface area contributed by atoms with Crippen molar-refractivity contribution in [3.05, 3.63) is 42.1 Å². The highest BCUT2D eigenvalue weighted by atomic mass is 15.5. The monoisotopic (exact) mass is 353 g/mol. The van der Waals surface area contributed by atoms with Crippen molar-refractivity contribution in [3.63, 3.8) is 0 Å². The number of hydrogen-bond acceptors (Lipinski definition) is 2. The molecule has 0 bridgehead atoms. The van der Waals surface area contributed by atoms with Crippen LogP contribution >= 0.6 is 0 Å². The molecule has 2 heteroatoms. The lowest BCUT2D eigenvalue weighted by Crippen LogP contribution is -2.47. The number of para-hydroxylation sites is 1. The zero-order valence-corrected chi connectivity index (χ0v) is 17.2. The Bertz CT molecular complexity index is 715. The van der Waals surface area contributed by atoms with E-state index >= 15 is 0 Å². The van der Waals surface area contributed by atoms with Crippen molar-refractivity contribution in [2.24, 2.45) is 17.2 Å². The van der Waals surface area contributed by atoms with Gasteiger partial charge in [-0.25, -0.2) is 0 Å². The minimum Gasteiger partial charge on any atom is -0.352 e. The molecule has 0 radical (unpaired) electrons. The van der Waals surface area contributed by atoms with Crippen molar-refractivity contribution in [1.82, 2.24) is 4.90 Å². The van der Waals surface area contributed by atoms with Crippen LogP contribution in [0.15, 0.2) is 36.5 Å².